The van der Waals surface area contributed by atoms with Crippen molar-refractivity contribution in [3.05, 3.63) is 117 Å². The molecule has 0 saturated carbocycles. The summed E-state index contributed by atoms with van der Waals surface area (Å²) in [5, 5.41) is 18.9. The zero-order chi connectivity index (χ0) is 29.7. The minimum absolute atomic E-state index is 0. The van der Waals surface area contributed by atoms with Gasteiger partial charge in [-0.1, -0.05) is 61.0 Å². The Bertz CT molecular complexity index is 1380. The molecule has 0 bridgehead atoms. The molecule has 6 nitrogen and oxygen atoms in total. The predicted octanol–water partition coefficient (Wildman–Crippen LogP) is 6.77. The summed E-state index contributed by atoms with van der Waals surface area (Å²) >= 11 is 0. The van der Waals surface area contributed by atoms with E-state index >= 15 is 0 Å². The molecule has 7 heteroatoms. The number of methoxy groups -OCH3 is 1. The third-order valence-electron chi connectivity index (χ3n) is 6.19. The number of carbonyl (C=O) groups excluding carboxylic acids is 2. The van der Waals surface area contributed by atoms with Crippen molar-refractivity contribution in [2.75, 3.05) is 7.11 Å². The Morgan fingerprint density at radius 3 is 1.27 bits per heavy atom. The van der Waals surface area contributed by atoms with Crippen LogP contribution in [0.2, 0.25) is 0 Å². The summed E-state index contributed by atoms with van der Waals surface area (Å²) in [6.07, 6.45) is 3.14. The first-order valence-corrected chi connectivity index (χ1v) is 12.7. The van der Waals surface area contributed by atoms with E-state index in [0.717, 1.165) is 52.0 Å². The minimum atomic E-state index is 0. The molecule has 0 atom stereocenters. The van der Waals surface area contributed by atoms with Crippen molar-refractivity contribution in [2.45, 2.75) is 47.5 Å². The van der Waals surface area contributed by atoms with Gasteiger partial charge in [0.15, 0.2) is 6.47 Å². The molecule has 4 rings (SSSR count). The Kier molecular flexibility index (Phi) is 15.7. The minimum Gasteiger partial charge on any atom is -0.610 e. The first-order chi connectivity index (χ1) is 19.1. The maximum atomic E-state index is 10.2. The van der Waals surface area contributed by atoms with Gasteiger partial charge in [0.1, 0.15) is 17.2 Å². The largest absolute Gasteiger partial charge is 0.610 e. The molecule has 2 N–H and O–H groups in total. The van der Waals surface area contributed by atoms with Gasteiger partial charge < -0.3 is 29.3 Å². The van der Waals surface area contributed by atoms with Crippen LogP contribution in [0.5, 0.6) is 23.0 Å². The fourth-order valence-electron chi connectivity index (χ4n) is 4.16. The van der Waals surface area contributed by atoms with E-state index in [0.29, 0.717) is 17.2 Å². The molecule has 0 aliphatic heterocycles. The quantitative estimate of drug-likeness (QED) is 0.219. The zero-order valence-electron chi connectivity index (χ0n) is 24.4. The van der Waals surface area contributed by atoms with Crippen LogP contribution in [-0.4, -0.2) is 30.1 Å². The van der Waals surface area contributed by atoms with E-state index in [1.165, 1.54) is 30.8 Å². The summed E-state index contributed by atoms with van der Waals surface area (Å²) in [5.41, 5.74) is 8.53. The van der Waals surface area contributed by atoms with Crippen LogP contribution in [0.1, 0.15) is 51.4 Å². The summed E-state index contributed by atoms with van der Waals surface area (Å²) in [7, 11) is 1.67. The van der Waals surface area contributed by atoms with Gasteiger partial charge in [0, 0.05) is 32.7 Å². The van der Waals surface area contributed by atoms with Crippen molar-refractivity contribution >= 4 is 12.8 Å². The van der Waals surface area contributed by atoms with Crippen LogP contribution in [-0.2, 0) is 55.1 Å². The van der Waals surface area contributed by atoms with E-state index < -0.39 is 0 Å². The molecule has 0 unspecified atom stereocenters. The molecule has 0 spiro atoms. The molecule has 0 aliphatic carbocycles. The molecule has 0 aliphatic rings. The average Bonchev–Trinajstić information content (AvgIpc) is 2.91. The second-order valence-electron chi connectivity index (χ2n) is 9.39. The maximum Gasteiger partial charge on any atom is 0.170 e. The van der Waals surface area contributed by atoms with Crippen molar-refractivity contribution in [3.63, 3.8) is 0 Å². The molecule has 213 valence electrons. The van der Waals surface area contributed by atoms with E-state index in [-0.39, 0.29) is 32.7 Å². The molecule has 0 aromatic heterocycles. The SMILES string of the molecule is COc1ccc(Cc2ccc(O[C-]=O)c(C)c2)cc1C.C[C-]=O.Cc1cc(Cc2ccc(O)c(C)c2)ccc1O.[Y]. The van der Waals surface area contributed by atoms with Crippen molar-refractivity contribution < 1.29 is 62.0 Å². The molecule has 4 aromatic rings. The van der Waals surface area contributed by atoms with Crippen LogP contribution in [0.15, 0.2) is 72.8 Å². The summed E-state index contributed by atoms with van der Waals surface area (Å²) < 4.78 is 10.0. The van der Waals surface area contributed by atoms with E-state index in [1.54, 1.807) is 25.3 Å². The number of phenols is 2. The molecule has 0 saturated heterocycles. The third-order valence-corrected chi connectivity index (χ3v) is 6.19. The van der Waals surface area contributed by atoms with Crippen molar-refractivity contribution in [2.24, 2.45) is 0 Å². The fraction of sp³-hybridized carbons (Fsp3) is 0.235. The predicted molar refractivity (Wildman–Crippen MR) is 158 cm³/mol. The number of benzene rings is 4. The van der Waals surface area contributed by atoms with Crippen molar-refractivity contribution in [1.29, 1.82) is 0 Å². The number of hydrogen-bond donors (Lipinski definition) is 2. The first-order valence-electron chi connectivity index (χ1n) is 12.7. The second kappa shape index (κ2) is 18.1. The number of aromatic hydroxyl groups is 2. The maximum absolute atomic E-state index is 10.2. The Morgan fingerprint density at radius 1 is 0.610 bits per heavy atom. The van der Waals surface area contributed by atoms with Gasteiger partial charge in [0.2, 0.25) is 0 Å². The van der Waals surface area contributed by atoms with Gasteiger partial charge in [-0.25, -0.2) is 0 Å². The molecular formula is C34H36O6Y-2. The summed E-state index contributed by atoms with van der Waals surface area (Å²) in [4.78, 5) is 18.9. The number of hydrogen-bond acceptors (Lipinski definition) is 6. The molecule has 0 amide bonds. The van der Waals surface area contributed by atoms with Crippen LogP contribution in [0.4, 0.5) is 0 Å². The number of aryl methyl sites for hydroxylation is 4. The van der Waals surface area contributed by atoms with E-state index in [2.05, 4.69) is 12.1 Å². The Hall–Kier alpha value is -3.48. The smallest absolute Gasteiger partial charge is 0.170 e. The van der Waals surface area contributed by atoms with Crippen LogP contribution >= 0.6 is 0 Å². The van der Waals surface area contributed by atoms with Crippen molar-refractivity contribution in [1.82, 2.24) is 0 Å². The Morgan fingerprint density at radius 2 is 0.951 bits per heavy atom. The molecule has 4 aromatic carbocycles. The second-order valence-corrected chi connectivity index (χ2v) is 9.39. The zero-order valence-corrected chi connectivity index (χ0v) is 27.3. The van der Waals surface area contributed by atoms with E-state index in [4.69, 9.17) is 14.3 Å². The summed E-state index contributed by atoms with van der Waals surface area (Å²) in [6.45, 7) is 10.5. The normalized spacial score (nSPS) is 9.61. The Labute approximate surface area is 268 Å². The van der Waals surface area contributed by atoms with Gasteiger partial charge in [-0.15, -0.1) is 6.07 Å². The third kappa shape index (κ3) is 11.5. The molecule has 1 radical (unpaired) electrons. The van der Waals surface area contributed by atoms with Gasteiger partial charge in [-0.05, 0) is 96.5 Å². The van der Waals surface area contributed by atoms with Crippen LogP contribution < -0.4 is 9.47 Å². The average molecular weight is 630 g/mol. The standard InChI is InChI=1S/C17H17O3.C15H16O2.C2H3O.Y/c1-12-8-14(4-6-16(12)19-3)10-15-5-7-17(20-11-18)13(2)9-15;1-10-7-12(3-5-14(10)16)9-13-4-6-15(17)11(2)8-13;1-2-3;/h4-9H,10H2,1-3H3;3-8,16-17H,9H2,1-2H3;1H3;/q-1;;-1;. The number of rotatable bonds is 7. The first kappa shape index (κ1) is 35.6. The molecular weight excluding hydrogens is 593 g/mol. The topological polar surface area (TPSA) is 93.1 Å². The number of phenolic OH excluding ortho intramolecular Hbond substituents is 2. The van der Waals surface area contributed by atoms with E-state index in [9.17, 15) is 15.0 Å². The fourth-order valence-corrected chi connectivity index (χ4v) is 4.16. The molecule has 0 heterocycles. The van der Waals surface area contributed by atoms with Gasteiger partial charge in [-0.2, -0.15) is 6.92 Å². The van der Waals surface area contributed by atoms with Crippen molar-refractivity contribution in [3.8, 4) is 23.0 Å². The summed E-state index contributed by atoms with van der Waals surface area (Å²) in [5.74, 6) is 2.11. The van der Waals surface area contributed by atoms with Crippen LogP contribution in [0, 0.1) is 27.7 Å². The Balaban J connectivity index is 0.000000370. The molecule has 0 fully saturated rings. The van der Waals surface area contributed by atoms with Crippen LogP contribution in [0.3, 0.4) is 0 Å². The monoisotopic (exact) mass is 629 g/mol. The van der Waals surface area contributed by atoms with Gasteiger partial charge in [-0.3, -0.25) is 6.29 Å². The van der Waals surface area contributed by atoms with Gasteiger partial charge in [0.05, 0.1) is 7.11 Å². The van der Waals surface area contributed by atoms with Crippen LogP contribution in [0.25, 0.3) is 0 Å². The summed E-state index contributed by atoms with van der Waals surface area (Å²) in [6, 6.07) is 23.2. The molecule has 41 heavy (non-hydrogen) atoms. The van der Waals surface area contributed by atoms with E-state index in [1.807, 2.05) is 70.2 Å². The number of ether oxygens (including phenoxy) is 2. The van der Waals surface area contributed by atoms with Gasteiger partial charge in [0.25, 0.3) is 0 Å². The van der Waals surface area contributed by atoms with Gasteiger partial charge >= 0.3 is 0 Å².